The highest BCUT2D eigenvalue weighted by Crippen LogP contribution is 2.36. The van der Waals surface area contributed by atoms with Gasteiger partial charge in [-0.3, -0.25) is 14.2 Å². The van der Waals surface area contributed by atoms with Gasteiger partial charge in [0.1, 0.15) is 16.2 Å². The first-order valence-corrected chi connectivity index (χ1v) is 15.5. The highest BCUT2D eigenvalue weighted by molar-refractivity contribution is 7.93. The molecule has 196 valence electrons. The molecule has 0 saturated heterocycles. The van der Waals surface area contributed by atoms with Gasteiger partial charge in [-0.25, -0.2) is 26.5 Å². The van der Waals surface area contributed by atoms with Gasteiger partial charge < -0.3 is 5.11 Å². The Kier molecular flexibility index (Phi) is 6.36. The van der Waals surface area contributed by atoms with Crippen LogP contribution in [-0.2, 0) is 26.6 Å². The zero-order chi connectivity index (χ0) is 26.5. The van der Waals surface area contributed by atoms with E-state index in [4.69, 9.17) is 0 Å². The van der Waals surface area contributed by atoms with Crippen molar-refractivity contribution in [2.24, 2.45) is 10.9 Å². The van der Waals surface area contributed by atoms with Gasteiger partial charge in [0.2, 0.25) is 10.0 Å². The zero-order valence-electron chi connectivity index (χ0n) is 20.0. The first-order chi connectivity index (χ1) is 17.5. The normalized spacial score (nSPS) is 16.7. The number of benzene rings is 1. The number of aryl methyl sites for hydroxylation is 1. The molecule has 14 heteroatoms. The number of nitrogens with zero attached hydrogens (tertiary/aromatic N) is 3. The Morgan fingerprint density at radius 1 is 1.27 bits per heavy atom. The lowest BCUT2D eigenvalue weighted by molar-refractivity contribution is 0.444. The molecule has 1 aromatic carbocycles. The fourth-order valence-electron chi connectivity index (χ4n) is 3.83. The lowest BCUT2D eigenvalue weighted by Gasteiger charge is -2.20. The van der Waals surface area contributed by atoms with E-state index in [2.05, 4.69) is 19.5 Å². The summed E-state index contributed by atoms with van der Waals surface area (Å²) in [6, 6.07) is 7.46. The summed E-state index contributed by atoms with van der Waals surface area (Å²) >= 11 is 1.31. The van der Waals surface area contributed by atoms with Gasteiger partial charge in [0.25, 0.3) is 15.6 Å². The van der Waals surface area contributed by atoms with Gasteiger partial charge in [0.15, 0.2) is 11.6 Å². The summed E-state index contributed by atoms with van der Waals surface area (Å²) in [5.74, 6) is -0.535. The van der Waals surface area contributed by atoms with E-state index in [1.807, 2.05) is 13.8 Å². The zero-order valence-corrected chi connectivity index (χ0v) is 22.5. The first-order valence-electron chi connectivity index (χ1n) is 11.6. The maximum Gasteiger partial charge on any atom is 0.281 e. The molecule has 37 heavy (non-hydrogen) atoms. The molecule has 1 aliphatic heterocycles. The van der Waals surface area contributed by atoms with Crippen LogP contribution in [0.4, 0.5) is 11.4 Å². The predicted octanol–water partition coefficient (Wildman–Crippen LogP) is 3.00. The lowest BCUT2D eigenvalue weighted by atomic mass is 10.1. The van der Waals surface area contributed by atoms with Crippen LogP contribution < -0.4 is 15.0 Å². The number of sulfonamides is 2. The van der Waals surface area contributed by atoms with Gasteiger partial charge in [-0.05, 0) is 54.8 Å². The molecule has 0 amide bonds. The van der Waals surface area contributed by atoms with Crippen molar-refractivity contribution in [3.05, 3.63) is 51.6 Å². The van der Waals surface area contributed by atoms with Crippen molar-refractivity contribution < 1.29 is 21.9 Å². The molecule has 0 spiro atoms. The second-order valence-corrected chi connectivity index (χ2v) is 13.9. The van der Waals surface area contributed by atoms with Crippen molar-refractivity contribution in [1.82, 2.24) is 14.5 Å². The van der Waals surface area contributed by atoms with Crippen molar-refractivity contribution in [2.45, 2.75) is 49.8 Å². The molecular weight excluding hydrogens is 538 g/mol. The summed E-state index contributed by atoms with van der Waals surface area (Å²) in [5, 5.41) is 16.8. The second-order valence-electron chi connectivity index (χ2n) is 9.36. The molecule has 2 aromatic heterocycles. The van der Waals surface area contributed by atoms with Gasteiger partial charge in [0.05, 0.1) is 15.8 Å². The van der Waals surface area contributed by atoms with Crippen molar-refractivity contribution in [3.8, 4) is 16.3 Å². The van der Waals surface area contributed by atoms with E-state index in [1.165, 1.54) is 34.2 Å². The number of anilines is 1. The molecule has 3 N–H and O–H groups in total. The van der Waals surface area contributed by atoms with E-state index in [0.717, 1.165) is 0 Å². The Morgan fingerprint density at radius 2 is 2.03 bits per heavy atom. The summed E-state index contributed by atoms with van der Waals surface area (Å²) in [4.78, 5) is 18.1. The smallest absolute Gasteiger partial charge is 0.281 e. The van der Waals surface area contributed by atoms with Gasteiger partial charge in [-0.2, -0.15) is 5.10 Å². The molecule has 0 bridgehead atoms. The Bertz CT molecular complexity index is 1670. The highest BCUT2D eigenvalue weighted by Gasteiger charge is 2.36. The molecule has 0 radical (unpaired) electrons. The lowest BCUT2D eigenvalue weighted by Crippen LogP contribution is -2.39. The van der Waals surface area contributed by atoms with Crippen LogP contribution in [0.1, 0.15) is 38.7 Å². The Morgan fingerprint density at radius 3 is 2.68 bits per heavy atom. The molecular formula is C23H25N5O6S3. The number of hydrogen-bond donors (Lipinski definition) is 3. The number of aromatic nitrogens is 2. The number of rotatable bonds is 8. The Balaban J connectivity index is 1.62. The summed E-state index contributed by atoms with van der Waals surface area (Å²) in [7, 11) is -7.85. The van der Waals surface area contributed by atoms with E-state index < -0.39 is 36.6 Å². The number of thiophene rings is 1. The third-order valence-electron chi connectivity index (χ3n) is 5.98. The number of hydrogen-bond acceptors (Lipinski definition) is 9. The highest BCUT2D eigenvalue weighted by atomic mass is 32.2. The average molecular weight is 564 g/mol. The van der Waals surface area contributed by atoms with E-state index in [-0.39, 0.29) is 45.8 Å². The number of aromatic hydroxyl groups is 1. The minimum absolute atomic E-state index is 0.00476. The van der Waals surface area contributed by atoms with Crippen molar-refractivity contribution >= 4 is 48.6 Å². The van der Waals surface area contributed by atoms with Crippen molar-refractivity contribution in [2.75, 3.05) is 4.72 Å². The van der Waals surface area contributed by atoms with Gasteiger partial charge in [-0.15, -0.1) is 11.3 Å². The van der Waals surface area contributed by atoms with E-state index in [0.29, 0.717) is 24.1 Å². The summed E-state index contributed by atoms with van der Waals surface area (Å²) in [6.07, 6.45) is 1.76. The molecule has 1 saturated carbocycles. The Hall–Kier alpha value is -3.23. The van der Waals surface area contributed by atoms with Gasteiger partial charge in [0, 0.05) is 12.2 Å². The molecule has 3 heterocycles. The van der Waals surface area contributed by atoms with Crippen LogP contribution in [0, 0.1) is 5.92 Å². The van der Waals surface area contributed by atoms with Crippen molar-refractivity contribution in [1.29, 1.82) is 0 Å². The molecule has 5 rings (SSSR count). The molecule has 3 aromatic rings. The maximum atomic E-state index is 13.4. The molecule has 11 nitrogen and oxygen atoms in total. The third-order valence-corrected chi connectivity index (χ3v) is 10.1. The van der Waals surface area contributed by atoms with Crippen LogP contribution in [0.15, 0.2) is 50.4 Å². The SMILES string of the molecule is CC(C)CCn1nc(-c2cccs2)c(O)c(C2=Nc3ccc(NS(=O)(=O)C4CC4)cc3S(=O)(=O)N2)c1=O. The Labute approximate surface area is 218 Å². The predicted molar refractivity (Wildman–Crippen MR) is 141 cm³/mol. The number of nitrogens with one attached hydrogen (secondary N) is 2. The summed E-state index contributed by atoms with van der Waals surface area (Å²) < 4.78 is 56.9. The van der Waals surface area contributed by atoms with Gasteiger partial charge in [-0.1, -0.05) is 19.9 Å². The summed E-state index contributed by atoms with van der Waals surface area (Å²) in [5.41, 5.74) is -0.750. The fourth-order valence-corrected chi connectivity index (χ4v) is 7.10. The maximum absolute atomic E-state index is 13.4. The van der Waals surface area contributed by atoms with Crippen LogP contribution in [0.5, 0.6) is 5.75 Å². The second kappa shape index (κ2) is 9.26. The van der Waals surface area contributed by atoms with Crippen LogP contribution in [0.2, 0.25) is 0 Å². The average Bonchev–Trinajstić information content (AvgIpc) is 3.55. The number of fused-ring (bicyclic) bond motifs is 1. The van der Waals surface area contributed by atoms with Crippen LogP contribution in [0.3, 0.4) is 0 Å². The molecule has 0 atom stereocenters. The number of amidine groups is 1. The number of aliphatic imine (C=N–C) groups is 1. The quantitative estimate of drug-likeness (QED) is 0.380. The van der Waals surface area contributed by atoms with Crippen LogP contribution in [0.25, 0.3) is 10.6 Å². The largest absolute Gasteiger partial charge is 0.505 e. The third kappa shape index (κ3) is 5.00. The standard InChI is InChI=1S/C23H25N5O6S3/c1-13(2)9-10-28-23(30)19(21(29)20(25-28)17-4-3-11-35-17)22-24-16-8-5-14(12-18(16)37(33,34)27-22)26-36(31,32)15-6-7-15/h3-5,8,11-13,15,26,29H,6-7,9-10H2,1-2H3,(H,24,27). The fraction of sp³-hybridized carbons (Fsp3) is 0.348. The monoisotopic (exact) mass is 563 g/mol. The minimum atomic E-state index is -4.25. The topological polar surface area (TPSA) is 160 Å². The summed E-state index contributed by atoms with van der Waals surface area (Å²) in [6.45, 7) is 4.27. The minimum Gasteiger partial charge on any atom is -0.505 e. The first kappa shape index (κ1) is 25.4. The van der Waals surface area contributed by atoms with E-state index in [9.17, 15) is 26.7 Å². The van der Waals surface area contributed by atoms with E-state index in [1.54, 1.807) is 17.5 Å². The molecule has 1 fully saturated rings. The van der Waals surface area contributed by atoms with E-state index >= 15 is 0 Å². The molecule has 2 aliphatic rings. The molecule has 0 unspecified atom stereocenters. The van der Waals surface area contributed by atoms with Crippen LogP contribution in [-0.4, -0.2) is 42.8 Å². The molecule has 1 aliphatic carbocycles. The van der Waals surface area contributed by atoms with Gasteiger partial charge >= 0.3 is 0 Å². The van der Waals surface area contributed by atoms with Crippen molar-refractivity contribution in [3.63, 3.8) is 0 Å². The van der Waals surface area contributed by atoms with Crippen LogP contribution >= 0.6 is 11.3 Å².